The van der Waals surface area contributed by atoms with E-state index in [0.717, 1.165) is 17.0 Å². The first-order chi connectivity index (χ1) is 5.88. The normalized spacial score (nSPS) is 10.1. The number of nitrogens with one attached hydrogen (secondary N) is 1. The number of aromatic amines is 1. The minimum Gasteiger partial charge on any atom is -0.335 e. The maximum Gasteiger partial charge on any atom is 0.174 e. The summed E-state index contributed by atoms with van der Waals surface area (Å²) in [6.07, 6.45) is 2.72. The van der Waals surface area contributed by atoms with Gasteiger partial charge in [0.25, 0.3) is 0 Å². The van der Waals surface area contributed by atoms with Gasteiger partial charge in [0.1, 0.15) is 0 Å². The van der Waals surface area contributed by atoms with Gasteiger partial charge in [-0.1, -0.05) is 30.3 Å². The molecule has 0 fully saturated rings. The van der Waals surface area contributed by atoms with E-state index < -0.39 is 0 Å². The summed E-state index contributed by atoms with van der Waals surface area (Å²) < 4.78 is 0. The summed E-state index contributed by atoms with van der Waals surface area (Å²) in [4.78, 5) is 7.00. The predicted octanol–water partition coefficient (Wildman–Crippen LogP) is 2.19. The Morgan fingerprint density at radius 2 is 2.00 bits per heavy atom. The van der Waals surface area contributed by atoms with Crippen LogP contribution in [0.1, 0.15) is 5.69 Å². The van der Waals surface area contributed by atoms with Gasteiger partial charge in [-0.3, -0.25) is 0 Å². The van der Waals surface area contributed by atoms with Crippen molar-refractivity contribution in [3.05, 3.63) is 42.4 Å². The number of imidazole rings is 1. The Balaban J connectivity index is 2.51. The van der Waals surface area contributed by atoms with Gasteiger partial charge in [0, 0.05) is 0 Å². The average molecular weight is 157 g/mol. The Hall–Kier alpha value is -1.57. The number of rotatable bonds is 1. The van der Waals surface area contributed by atoms with E-state index >= 15 is 0 Å². The fourth-order valence-corrected chi connectivity index (χ4v) is 1.20. The number of H-pyrrole nitrogens is 1. The lowest BCUT2D eigenvalue weighted by molar-refractivity contribution is 1.24. The molecule has 2 rings (SSSR count). The quantitative estimate of drug-likeness (QED) is 0.675. The van der Waals surface area contributed by atoms with Crippen LogP contribution in [-0.2, 0) is 0 Å². The molecule has 0 aliphatic rings. The molecule has 12 heavy (non-hydrogen) atoms. The third-order valence-electron chi connectivity index (χ3n) is 1.83. The molecule has 2 heteroatoms. The van der Waals surface area contributed by atoms with Crippen molar-refractivity contribution in [2.45, 2.75) is 6.92 Å². The van der Waals surface area contributed by atoms with Crippen molar-refractivity contribution < 1.29 is 0 Å². The summed E-state index contributed by atoms with van der Waals surface area (Å²) in [7, 11) is 0. The summed E-state index contributed by atoms with van der Waals surface area (Å²) in [5.74, 6) is 0. The van der Waals surface area contributed by atoms with Crippen LogP contribution >= 0.6 is 0 Å². The number of benzene rings is 1. The summed E-state index contributed by atoms with van der Waals surface area (Å²) in [5.41, 5.74) is 3.19. The van der Waals surface area contributed by atoms with Gasteiger partial charge >= 0.3 is 0 Å². The zero-order valence-corrected chi connectivity index (χ0v) is 6.83. The topological polar surface area (TPSA) is 28.7 Å². The van der Waals surface area contributed by atoms with Crippen molar-refractivity contribution >= 4 is 0 Å². The van der Waals surface area contributed by atoms with Crippen molar-refractivity contribution in [2.75, 3.05) is 0 Å². The monoisotopic (exact) mass is 157 g/mol. The van der Waals surface area contributed by atoms with E-state index in [1.165, 1.54) is 0 Å². The first-order valence-corrected chi connectivity index (χ1v) is 3.86. The Labute approximate surface area is 71.3 Å². The molecule has 1 aromatic heterocycles. The average Bonchev–Trinajstić information content (AvgIpc) is 2.53. The lowest BCUT2D eigenvalue weighted by atomic mass is 10.1. The first-order valence-electron chi connectivity index (χ1n) is 3.86. The molecule has 0 saturated carbocycles. The third kappa shape index (κ3) is 1.11. The van der Waals surface area contributed by atoms with Crippen molar-refractivity contribution in [3.8, 4) is 11.3 Å². The lowest BCUT2D eigenvalue weighted by Gasteiger charge is -1.96. The van der Waals surface area contributed by atoms with Gasteiger partial charge in [-0.05, 0) is 12.5 Å². The summed E-state index contributed by atoms with van der Waals surface area (Å²) in [5, 5.41) is 0. The first kappa shape index (κ1) is 7.10. The minimum atomic E-state index is 0.987. The molecule has 0 saturated heterocycles. The van der Waals surface area contributed by atoms with E-state index in [0.29, 0.717) is 0 Å². The SMILES string of the molecule is Cc1n[c][nH]c1-c1ccccc1. The number of aryl methyl sites for hydroxylation is 1. The second kappa shape index (κ2) is 2.81. The second-order valence-electron chi connectivity index (χ2n) is 2.68. The van der Waals surface area contributed by atoms with Crippen molar-refractivity contribution in [1.82, 2.24) is 9.97 Å². The van der Waals surface area contributed by atoms with Crippen LogP contribution in [0.3, 0.4) is 0 Å². The lowest BCUT2D eigenvalue weighted by Crippen LogP contribution is -1.79. The molecule has 0 amide bonds. The molecule has 1 radical (unpaired) electrons. The number of hydrogen-bond donors (Lipinski definition) is 1. The minimum absolute atomic E-state index is 0.987. The number of nitrogens with zero attached hydrogens (tertiary/aromatic N) is 1. The van der Waals surface area contributed by atoms with Crippen LogP contribution in [0.4, 0.5) is 0 Å². The predicted molar refractivity (Wildman–Crippen MR) is 47.6 cm³/mol. The van der Waals surface area contributed by atoms with Crippen LogP contribution < -0.4 is 0 Å². The highest BCUT2D eigenvalue weighted by molar-refractivity contribution is 5.60. The van der Waals surface area contributed by atoms with E-state index in [2.05, 4.69) is 16.3 Å². The summed E-state index contributed by atoms with van der Waals surface area (Å²) in [6, 6.07) is 10.1. The van der Waals surface area contributed by atoms with Gasteiger partial charge in [-0.15, -0.1) is 0 Å². The van der Waals surface area contributed by atoms with Crippen molar-refractivity contribution in [2.24, 2.45) is 0 Å². The molecule has 2 nitrogen and oxygen atoms in total. The summed E-state index contributed by atoms with van der Waals surface area (Å²) >= 11 is 0. The molecule has 0 atom stereocenters. The van der Waals surface area contributed by atoms with Gasteiger partial charge in [-0.25, -0.2) is 4.98 Å². The van der Waals surface area contributed by atoms with E-state index in [4.69, 9.17) is 0 Å². The highest BCUT2D eigenvalue weighted by Crippen LogP contribution is 2.17. The van der Waals surface area contributed by atoms with Crippen molar-refractivity contribution in [3.63, 3.8) is 0 Å². The maximum atomic E-state index is 4.01. The molecule has 0 bridgehead atoms. The molecule has 1 N–H and O–H groups in total. The second-order valence-corrected chi connectivity index (χ2v) is 2.68. The van der Waals surface area contributed by atoms with E-state index in [1.54, 1.807) is 0 Å². The highest BCUT2D eigenvalue weighted by atomic mass is 14.9. The van der Waals surface area contributed by atoms with Crippen LogP contribution in [0.2, 0.25) is 0 Å². The van der Waals surface area contributed by atoms with Gasteiger partial charge in [0.2, 0.25) is 0 Å². The zero-order valence-electron chi connectivity index (χ0n) is 6.83. The number of aromatic nitrogens is 2. The van der Waals surface area contributed by atoms with E-state index in [-0.39, 0.29) is 0 Å². The molecular formula is C10H9N2. The van der Waals surface area contributed by atoms with Gasteiger partial charge < -0.3 is 4.98 Å². The van der Waals surface area contributed by atoms with E-state index in [9.17, 15) is 0 Å². The standard InChI is InChI=1S/C10H9N2/c1-8-10(12-7-11-8)9-5-3-2-4-6-9/h2-6H,1H3,(H,11,12). The number of hydrogen-bond acceptors (Lipinski definition) is 1. The Kier molecular flexibility index (Phi) is 1.67. The Morgan fingerprint density at radius 3 is 2.58 bits per heavy atom. The van der Waals surface area contributed by atoms with Crippen LogP contribution in [0.5, 0.6) is 0 Å². The van der Waals surface area contributed by atoms with Crippen LogP contribution in [0, 0.1) is 13.3 Å². The van der Waals surface area contributed by atoms with Gasteiger partial charge in [0.15, 0.2) is 6.33 Å². The van der Waals surface area contributed by atoms with Gasteiger partial charge in [0.05, 0.1) is 11.4 Å². The molecule has 0 spiro atoms. The largest absolute Gasteiger partial charge is 0.335 e. The Bertz CT molecular complexity index is 362. The fourth-order valence-electron chi connectivity index (χ4n) is 1.20. The smallest absolute Gasteiger partial charge is 0.174 e. The van der Waals surface area contributed by atoms with Gasteiger partial charge in [-0.2, -0.15) is 0 Å². The maximum absolute atomic E-state index is 4.01. The van der Waals surface area contributed by atoms with Crippen LogP contribution in [0.15, 0.2) is 30.3 Å². The molecular weight excluding hydrogens is 148 g/mol. The molecule has 1 aromatic carbocycles. The molecule has 2 aromatic rings. The molecule has 59 valence electrons. The van der Waals surface area contributed by atoms with Crippen molar-refractivity contribution in [1.29, 1.82) is 0 Å². The fraction of sp³-hybridized carbons (Fsp3) is 0.100. The molecule has 0 aliphatic heterocycles. The third-order valence-corrected chi connectivity index (χ3v) is 1.83. The Morgan fingerprint density at radius 1 is 1.25 bits per heavy atom. The molecule has 0 unspecified atom stereocenters. The van der Waals surface area contributed by atoms with Crippen LogP contribution in [-0.4, -0.2) is 9.97 Å². The van der Waals surface area contributed by atoms with E-state index in [1.807, 2.05) is 37.3 Å². The highest BCUT2D eigenvalue weighted by Gasteiger charge is 2.01. The summed E-state index contributed by atoms with van der Waals surface area (Å²) in [6.45, 7) is 1.97. The molecule has 1 heterocycles. The van der Waals surface area contributed by atoms with Crippen LogP contribution in [0.25, 0.3) is 11.3 Å². The zero-order chi connectivity index (χ0) is 8.39. The molecule has 0 aliphatic carbocycles.